The van der Waals surface area contributed by atoms with Crippen molar-refractivity contribution in [3.8, 4) is 79.1 Å². The smallest absolute Gasteiger partial charge is 0.573 e. The van der Waals surface area contributed by atoms with Gasteiger partial charge in [-0.25, -0.2) is 9.97 Å². The van der Waals surface area contributed by atoms with Gasteiger partial charge in [-0.15, -0.1) is 0 Å². The van der Waals surface area contributed by atoms with Crippen molar-refractivity contribution in [1.82, 2.24) is 105 Å². The van der Waals surface area contributed by atoms with E-state index >= 15 is 0 Å². The summed E-state index contributed by atoms with van der Waals surface area (Å²) in [6.45, 7) is 64.3. The Kier molecular flexibility index (Phi) is 36.9. The van der Waals surface area contributed by atoms with Gasteiger partial charge in [-0.1, -0.05) is 303 Å². The minimum absolute atomic E-state index is 0. The van der Waals surface area contributed by atoms with Gasteiger partial charge >= 0.3 is 52.6 Å². The van der Waals surface area contributed by atoms with E-state index in [1.165, 1.54) is 40.2 Å². The molecule has 698 valence electrons. The zero-order valence-electron chi connectivity index (χ0n) is 81.2. The first-order valence-corrected chi connectivity index (χ1v) is 42.7. The van der Waals surface area contributed by atoms with Crippen LogP contribution in [0.25, 0.3) is 79.1 Å². The normalized spacial score (nSPS) is 12.1. The molecular formula is C103H121F6Ir2N21. The molecule has 132 heavy (non-hydrogen) atoms. The molecule has 0 unspecified atom stereocenters. The number of alkyl halides is 6. The van der Waals surface area contributed by atoms with Crippen LogP contribution in [0.15, 0.2) is 190 Å². The molecule has 14 rings (SSSR count). The Bertz CT molecular complexity index is 5170. The predicted octanol–water partition coefficient (Wildman–Crippen LogP) is 24.1. The summed E-state index contributed by atoms with van der Waals surface area (Å²) in [5.74, 6) is 4.05. The largest absolute Gasteiger partial charge is 3.00 e. The molecule has 0 aliphatic carbocycles. The molecule has 0 aromatic carbocycles. The molecule has 14 aromatic heterocycles. The Morgan fingerprint density at radius 2 is 0.447 bits per heavy atom. The quantitative estimate of drug-likeness (QED) is 0.106. The number of pyridine rings is 7. The Labute approximate surface area is 802 Å². The van der Waals surface area contributed by atoms with Crippen LogP contribution >= 0.6 is 0 Å². The van der Waals surface area contributed by atoms with Crippen molar-refractivity contribution >= 4 is 0 Å². The number of nitrogens with zero attached hydrogens (tertiary/aromatic N) is 21. The maximum absolute atomic E-state index is 12.2. The zero-order chi connectivity index (χ0) is 96.6. The van der Waals surface area contributed by atoms with E-state index in [2.05, 4.69) is 374 Å². The summed E-state index contributed by atoms with van der Waals surface area (Å²) in [7, 11) is 0. The third-order valence-electron chi connectivity index (χ3n) is 19.4. The zero-order valence-corrected chi connectivity index (χ0v) is 86.0. The van der Waals surface area contributed by atoms with Crippen molar-refractivity contribution in [2.75, 3.05) is 0 Å². The molecular weight excluding hydrogens is 2030 g/mol. The maximum Gasteiger partial charge on any atom is 3.00 e. The fourth-order valence-electron chi connectivity index (χ4n) is 11.4. The Hall–Kier alpha value is -11.3. The number of aromatic nitrogens is 21. The van der Waals surface area contributed by atoms with Crippen molar-refractivity contribution in [2.24, 2.45) is 0 Å². The molecule has 0 aliphatic rings. The molecule has 14 aromatic rings. The van der Waals surface area contributed by atoms with Gasteiger partial charge in [-0.05, 0) is 197 Å². The van der Waals surface area contributed by atoms with Gasteiger partial charge in [-0.3, -0.25) is 15.0 Å². The molecule has 0 saturated heterocycles. The molecule has 0 radical (unpaired) electrons. The van der Waals surface area contributed by atoms with E-state index in [1.54, 1.807) is 36.4 Å². The number of rotatable bonds is 7. The fourth-order valence-corrected chi connectivity index (χ4v) is 11.4. The van der Waals surface area contributed by atoms with Gasteiger partial charge in [0.05, 0.1) is 5.69 Å². The van der Waals surface area contributed by atoms with Gasteiger partial charge in [-0.2, -0.15) is 26.3 Å². The van der Waals surface area contributed by atoms with E-state index in [4.69, 9.17) is 0 Å². The monoisotopic (exact) mass is 2150 g/mol. The third kappa shape index (κ3) is 33.2. The van der Waals surface area contributed by atoms with Crippen LogP contribution in [0.1, 0.15) is 276 Å². The van der Waals surface area contributed by atoms with Crippen molar-refractivity contribution in [1.29, 1.82) is 0 Å². The van der Waals surface area contributed by atoms with Gasteiger partial charge < -0.3 is 80.2 Å². The van der Waals surface area contributed by atoms with Gasteiger partial charge in [0.1, 0.15) is 17.2 Å². The molecule has 0 N–H and O–H groups in total. The first kappa shape index (κ1) is 110. The summed E-state index contributed by atoms with van der Waals surface area (Å²) in [5.41, 5.74) is 14.2. The Balaban J connectivity index is 0.000000237. The van der Waals surface area contributed by atoms with Crippen molar-refractivity contribution in [3.63, 3.8) is 0 Å². The van der Waals surface area contributed by atoms with Crippen LogP contribution < -0.4 is 10.2 Å². The molecule has 0 atom stereocenters. The molecule has 0 saturated carbocycles. The second-order valence-corrected chi connectivity index (χ2v) is 41.5. The Morgan fingerprint density at radius 1 is 0.227 bits per heavy atom. The van der Waals surface area contributed by atoms with Crippen molar-refractivity contribution in [3.05, 3.63) is 283 Å². The van der Waals surface area contributed by atoms with Crippen LogP contribution in [-0.4, -0.2) is 94.9 Å². The molecule has 0 spiro atoms. The van der Waals surface area contributed by atoms with Gasteiger partial charge in [0.25, 0.3) is 0 Å². The Morgan fingerprint density at radius 3 is 0.636 bits per heavy atom. The molecule has 0 aliphatic heterocycles. The topological polar surface area (TPSA) is 273 Å². The average Bonchev–Trinajstić information content (AvgIpc) is 0.882. The fraction of sp³-hybridized carbons (Fsp3) is 0.408. The van der Waals surface area contributed by atoms with Crippen LogP contribution in [-0.2, 0) is 107 Å². The van der Waals surface area contributed by atoms with Crippen LogP contribution in [0, 0.1) is 24.8 Å². The molecule has 14 heterocycles. The molecule has 0 amide bonds. The van der Waals surface area contributed by atoms with Crippen LogP contribution in [0.5, 0.6) is 0 Å². The second-order valence-electron chi connectivity index (χ2n) is 41.5. The summed E-state index contributed by atoms with van der Waals surface area (Å²) < 4.78 is 73.2. The number of halogens is 6. The van der Waals surface area contributed by atoms with E-state index in [0.29, 0.717) is 11.4 Å². The summed E-state index contributed by atoms with van der Waals surface area (Å²) in [4.78, 5) is 73.8. The first-order chi connectivity index (χ1) is 60.0. The summed E-state index contributed by atoms with van der Waals surface area (Å²) in [6, 6.07) is 32.3. The SMILES string of the molecule is CC(C)(C)c1ccnc(-c2[c-]nc(C(C)(C)C)nc2)c1.CC(C)(C)c1ccnc(-c2[c-]nc(C(C)(C)C)nc2)c1.CC(C)(C)c1ccnc(-c2[c-]nc(C(C)(C)C)nc2)c1.CC(C)(C)c1ccnc(-c2[c-]nc(C(C)(C)C)nc2)c1.CC(C)(C)c1ccnc(-c2cnc(C(C)(C)C)nc2)c1.FC(F)(F)c1cc(-c2ccccn2)[n-]n1.FC(F)(F)c1cc(-c2ccccn2)[n-]n1.[Ir+3].[Ir+3]. The first-order valence-electron chi connectivity index (χ1n) is 42.7. The van der Waals surface area contributed by atoms with E-state index < -0.39 is 23.7 Å². The van der Waals surface area contributed by atoms with Gasteiger partial charge in [0.2, 0.25) is 0 Å². The average molecular weight is 2150 g/mol. The standard InChI is InChI=1S/C17H23N3.4C17H22N3.2C9H5F3N3.2Ir/c5*1-16(2,3)13-7-8-18-14(9-13)12-10-19-15(20-11-12)17(4,5)6;2*10-9(11,12)8-5-7(14-15-8)6-3-1-2-4-13-6;;/h7-11H,1-6H3;4*7-10H,1-6H3;2*1-5H;;/q;6*-1;2*+3. The predicted molar refractivity (Wildman–Crippen MR) is 500 cm³/mol. The molecule has 0 fully saturated rings. The minimum Gasteiger partial charge on any atom is -0.573 e. The minimum atomic E-state index is -4.46. The molecule has 0 bridgehead atoms. The second kappa shape index (κ2) is 44.5. The maximum atomic E-state index is 12.2. The number of hydrogen-bond acceptors (Lipinski definition) is 19. The number of hydrogen-bond donors (Lipinski definition) is 0. The van der Waals surface area contributed by atoms with E-state index in [-0.39, 0.29) is 106 Å². The summed E-state index contributed by atoms with van der Waals surface area (Å²) in [5, 5.41) is 12.9. The van der Waals surface area contributed by atoms with Crippen molar-refractivity contribution < 1.29 is 66.6 Å². The molecule has 21 nitrogen and oxygen atoms in total. The third-order valence-corrected chi connectivity index (χ3v) is 19.4. The van der Waals surface area contributed by atoms with Crippen LogP contribution in [0.2, 0.25) is 0 Å². The van der Waals surface area contributed by atoms with Gasteiger partial charge in [0, 0.05) is 101 Å². The van der Waals surface area contributed by atoms with Crippen LogP contribution in [0.3, 0.4) is 0 Å². The van der Waals surface area contributed by atoms with Crippen LogP contribution in [0.4, 0.5) is 26.3 Å². The molecule has 29 heteroatoms. The van der Waals surface area contributed by atoms with E-state index in [0.717, 1.165) is 97.5 Å². The van der Waals surface area contributed by atoms with Gasteiger partial charge in [0.15, 0.2) is 0 Å². The summed E-state index contributed by atoms with van der Waals surface area (Å²) >= 11 is 0. The van der Waals surface area contributed by atoms with E-state index in [1.807, 2.05) is 92.4 Å². The summed E-state index contributed by atoms with van der Waals surface area (Å²) in [6.07, 6.45) is 26.5. The van der Waals surface area contributed by atoms with E-state index in [9.17, 15) is 26.3 Å². The van der Waals surface area contributed by atoms with Crippen molar-refractivity contribution in [2.45, 2.75) is 274 Å².